The SMILES string of the molecule is CC(NCCN)c1ccc(NC(N)=O)cc1. The minimum Gasteiger partial charge on any atom is -0.351 e. The predicted molar refractivity (Wildman–Crippen MR) is 65.1 cm³/mol. The second kappa shape index (κ2) is 6.09. The Kier molecular flexibility index (Phi) is 4.75. The minimum atomic E-state index is -0.554. The molecule has 0 saturated carbocycles. The van der Waals surface area contributed by atoms with Gasteiger partial charge in [-0.3, -0.25) is 0 Å². The van der Waals surface area contributed by atoms with Crippen molar-refractivity contribution in [2.24, 2.45) is 11.5 Å². The van der Waals surface area contributed by atoms with E-state index in [2.05, 4.69) is 17.6 Å². The Bertz CT molecular complexity index is 336. The zero-order valence-electron chi connectivity index (χ0n) is 9.36. The van der Waals surface area contributed by atoms with Crippen LogP contribution in [0.2, 0.25) is 0 Å². The maximum Gasteiger partial charge on any atom is 0.316 e. The first-order valence-electron chi connectivity index (χ1n) is 5.23. The molecule has 6 N–H and O–H groups in total. The molecule has 1 rings (SSSR count). The summed E-state index contributed by atoms with van der Waals surface area (Å²) in [5.41, 5.74) is 12.3. The van der Waals surface area contributed by atoms with Gasteiger partial charge in [0.25, 0.3) is 0 Å². The number of anilines is 1. The summed E-state index contributed by atoms with van der Waals surface area (Å²) in [5, 5.41) is 5.78. The lowest BCUT2D eigenvalue weighted by molar-refractivity contribution is 0.259. The fraction of sp³-hybridized carbons (Fsp3) is 0.364. The van der Waals surface area contributed by atoms with E-state index in [1.807, 2.05) is 24.3 Å². The van der Waals surface area contributed by atoms with E-state index < -0.39 is 6.03 Å². The summed E-state index contributed by atoms with van der Waals surface area (Å²) in [5.74, 6) is 0. The molecule has 0 radical (unpaired) electrons. The van der Waals surface area contributed by atoms with E-state index in [4.69, 9.17) is 11.5 Å². The van der Waals surface area contributed by atoms with Gasteiger partial charge in [-0.2, -0.15) is 0 Å². The van der Waals surface area contributed by atoms with Gasteiger partial charge in [0.05, 0.1) is 0 Å². The third-order valence-electron chi connectivity index (χ3n) is 2.27. The number of carbonyl (C=O) groups is 1. The molecule has 0 aliphatic heterocycles. The molecule has 1 atom stereocenters. The molecule has 0 aliphatic rings. The number of hydrogen-bond donors (Lipinski definition) is 4. The number of carbonyl (C=O) groups excluding carboxylic acids is 1. The van der Waals surface area contributed by atoms with Crippen molar-refractivity contribution in [1.82, 2.24) is 5.32 Å². The van der Waals surface area contributed by atoms with Crippen molar-refractivity contribution < 1.29 is 4.79 Å². The van der Waals surface area contributed by atoms with Crippen molar-refractivity contribution in [3.63, 3.8) is 0 Å². The molecule has 0 aliphatic carbocycles. The van der Waals surface area contributed by atoms with Gasteiger partial charge < -0.3 is 22.1 Å². The van der Waals surface area contributed by atoms with Gasteiger partial charge in [0.1, 0.15) is 0 Å². The van der Waals surface area contributed by atoms with E-state index in [-0.39, 0.29) is 6.04 Å². The van der Waals surface area contributed by atoms with Gasteiger partial charge in [-0.1, -0.05) is 12.1 Å². The second-order valence-corrected chi connectivity index (χ2v) is 3.58. The summed E-state index contributed by atoms with van der Waals surface area (Å²) in [4.78, 5) is 10.6. The van der Waals surface area contributed by atoms with Gasteiger partial charge in [-0.05, 0) is 24.6 Å². The second-order valence-electron chi connectivity index (χ2n) is 3.58. The summed E-state index contributed by atoms with van der Waals surface area (Å²) in [6.07, 6.45) is 0. The summed E-state index contributed by atoms with van der Waals surface area (Å²) >= 11 is 0. The largest absolute Gasteiger partial charge is 0.351 e. The molecule has 0 spiro atoms. The van der Waals surface area contributed by atoms with Crippen molar-refractivity contribution in [1.29, 1.82) is 0 Å². The first kappa shape index (κ1) is 12.5. The molecule has 0 fully saturated rings. The predicted octanol–water partition coefficient (Wildman–Crippen LogP) is 0.786. The Labute approximate surface area is 95.2 Å². The highest BCUT2D eigenvalue weighted by atomic mass is 16.2. The molecule has 0 heterocycles. The molecule has 5 heteroatoms. The highest BCUT2D eigenvalue weighted by Gasteiger charge is 2.03. The average Bonchev–Trinajstić information content (AvgIpc) is 2.26. The Morgan fingerprint density at radius 3 is 2.50 bits per heavy atom. The highest BCUT2D eigenvalue weighted by Crippen LogP contribution is 2.15. The number of rotatable bonds is 5. The Hall–Kier alpha value is -1.59. The minimum absolute atomic E-state index is 0.242. The zero-order chi connectivity index (χ0) is 12.0. The molecule has 1 unspecified atom stereocenters. The van der Waals surface area contributed by atoms with Crippen LogP contribution in [0.4, 0.5) is 10.5 Å². The monoisotopic (exact) mass is 222 g/mol. The van der Waals surface area contributed by atoms with Crippen molar-refractivity contribution in [3.8, 4) is 0 Å². The number of urea groups is 1. The Balaban J connectivity index is 2.59. The van der Waals surface area contributed by atoms with E-state index >= 15 is 0 Å². The molecule has 1 aromatic rings. The van der Waals surface area contributed by atoms with E-state index in [9.17, 15) is 4.79 Å². The summed E-state index contributed by atoms with van der Waals surface area (Å²) in [7, 11) is 0. The summed E-state index contributed by atoms with van der Waals surface area (Å²) in [6, 6.07) is 7.22. The topological polar surface area (TPSA) is 93.2 Å². The van der Waals surface area contributed by atoms with E-state index in [0.717, 1.165) is 12.1 Å². The molecule has 88 valence electrons. The van der Waals surface area contributed by atoms with Crippen molar-refractivity contribution in [2.75, 3.05) is 18.4 Å². The van der Waals surface area contributed by atoms with Gasteiger partial charge in [0.15, 0.2) is 0 Å². The third kappa shape index (κ3) is 3.88. The van der Waals surface area contributed by atoms with Gasteiger partial charge >= 0.3 is 6.03 Å². The maximum absolute atomic E-state index is 10.6. The number of benzene rings is 1. The van der Waals surface area contributed by atoms with Crippen LogP contribution in [0.3, 0.4) is 0 Å². The molecule has 1 aromatic carbocycles. The smallest absolute Gasteiger partial charge is 0.316 e. The van der Waals surface area contributed by atoms with Crippen LogP contribution in [0.25, 0.3) is 0 Å². The van der Waals surface area contributed by atoms with E-state index in [0.29, 0.717) is 12.2 Å². The number of nitrogens with two attached hydrogens (primary N) is 2. The summed E-state index contributed by atoms with van der Waals surface area (Å²) in [6.45, 7) is 3.46. The van der Waals surface area contributed by atoms with Crippen LogP contribution in [-0.2, 0) is 0 Å². The Morgan fingerprint density at radius 2 is 2.00 bits per heavy atom. The lowest BCUT2D eigenvalue weighted by atomic mass is 10.1. The number of amides is 2. The normalized spacial score (nSPS) is 12.1. The number of hydrogen-bond acceptors (Lipinski definition) is 3. The molecular formula is C11H18N4O. The van der Waals surface area contributed by atoms with Crippen LogP contribution < -0.4 is 22.1 Å². The zero-order valence-corrected chi connectivity index (χ0v) is 9.36. The lowest BCUT2D eigenvalue weighted by Gasteiger charge is -2.13. The van der Waals surface area contributed by atoms with Gasteiger partial charge in [-0.15, -0.1) is 0 Å². The van der Waals surface area contributed by atoms with Crippen LogP contribution in [0, 0.1) is 0 Å². The molecule has 0 aromatic heterocycles. The van der Waals surface area contributed by atoms with Gasteiger partial charge in [0, 0.05) is 24.8 Å². The molecule has 2 amide bonds. The molecular weight excluding hydrogens is 204 g/mol. The summed E-state index contributed by atoms with van der Waals surface area (Å²) < 4.78 is 0. The van der Waals surface area contributed by atoms with Crippen LogP contribution in [0.15, 0.2) is 24.3 Å². The molecule has 0 bridgehead atoms. The first-order chi connectivity index (χ1) is 7.63. The van der Waals surface area contributed by atoms with Gasteiger partial charge in [-0.25, -0.2) is 4.79 Å². The quantitative estimate of drug-likeness (QED) is 0.593. The standard InChI is InChI=1S/C11H18N4O/c1-8(14-7-6-12)9-2-4-10(5-3-9)15-11(13)16/h2-5,8,14H,6-7,12H2,1H3,(H3,13,15,16). The van der Waals surface area contributed by atoms with Crippen LogP contribution in [-0.4, -0.2) is 19.1 Å². The third-order valence-corrected chi connectivity index (χ3v) is 2.27. The fourth-order valence-corrected chi connectivity index (χ4v) is 1.42. The fourth-order valence-electron chi connectivity index (χ4n) is 1.42. The van der Waals surface area contributed by atoms with E-state index in [1.54, 1.807) is 0 Å². The van der Waals surface area contributed by atoms with Crippen LogP contribution >= 0.6 is 0 Å². The Morgan fingerprint density at radius 1 is 1.38 bits per heavy atom. The highest BCUT2D eigenvalue weighted by molar-refractivity contribution is 5.87. The average molecular weight is 222 g/mol. The van der Waals surface area contributed by atoms with Gasteiger partial charge in [0.2, 0.25) is 0 Å². The first-order valence-corrected chi connectivity index (χ1v) is 5.23. The van der Waals surface area contributed by atoms with Crippen molar-refractivity contribution in [2.45, 2.75) is 13.0 Å². The number of nitrogens with one attached hydrogen (secondary N) is 2. The van der Waals surface area contributed by atoms with Crippen LogP contribution in [0.5, 0.6) is 0 Å². The molecule has 5 nitrogen and oxygen atoms in total. The van der Waals surface area contributed by atoms with Crippen molar-refractivity contribution >= 4 is 11.7 Å². The van der Waals surface area contributed by atoms with Crippen LogP contribution in [0.1, 0.15) is 18.5 Å². The molecule has 0 saturated heterocycles. The van der Waals surface area contributed by atoms with E-state index in [1.165, 1.54) is 0 Å². The molecule has 16 heavy (non-hydrogen) atoms. The van der Waals surface area contributed by atoms with Crippen molar-refractivity contribution in [3.05, 3.63) is 29.8 Å². The lowest BCUT2D eigenvalue weighted by Crippen LogP contribution is -2.25. The number of primary amides is 1. The maximum atomic E-state index is 10.6.